The Hall–Kier alpha value is -1.32. The predicted molar refractivity (Wildman–Crippen MR) is 65.9 cm³/mol. The van der Waals surface area contributed by atoms with E-state index in [1.807, 2.05) is 6.92 Å². The van der Waals surface area contributed by atoms with Crippen molar-refractivity contribution < 1.29 is 4.74 Å². The number of anilines is 1. The third kappa shape index (κ3) is 3.08. The minimum absolute atomic E-state index is 0.641. The lowest BCUT2D eigenvalue weighted by molar-refractivity contribution is 0.393. The van der Waals surface area contributed by atoms with Crippen LogP contribution in [0.2, 0.25) is 0 Å². The quantitative estimate of drug-likeness (QED) is 0.805. The molecule has 0 amide bonds. The van der Waals surface area contributed by atoms with Gasteiger partial charge in [0.15, 0.2) is 0 Å². The van der Waals surface area contributed by atoms with E-state index in [1.54, 1.807) is 7.11 Å². The zero-order chi connectivity index (χ0) is 12.0. The van der Waals surface area contributed by atoms with E-state index in [0.717, 1.165) is 17.9 Å². The van der Waals surface area contributed by atoms with Gasteiger partial charge < -0.3 is 10.1 Å². The predicted octanol–water partition coefficient (Wildman–Crippen LogP) is 2.64. The summed E-state index contributed by atoms with van der Waals surface area (Å²) in [4.78, 5) is 8.28. The Morgan fingerprint density at radius 3 is 2.56 bits per heavy atom. The zero-order valence-electron chi connectivity index (χ0n) is 10.6. The van der Waals surface area contributed by atoms with E-state index in [1.165, 1.54) is 19.2 Å². The third-order valence-electron chi connectivity index (χ3n) is 2.94. The first kappa shape index (κ1) is 12.7. The minimum Gasteiger partial charge on any atom is -0.481 e. The van der Waals surface area contributed by atoms with Crippen LogP contribution < -0.4 is 10.1 Å². The molecule has 0 radical (unpaired) electrons. The third-order valence-corrected chi connectivity index (χ3v) is 2.94. The fourth-order valence-corrected chi connectivity index (χ4v) is 1.64. The molecule has 0 saturated heterocycles. The standard InChI is InChI=1S/C12H21N3O/c1-5-10(6-2)7-13-11-9(3)12(16-4)15-8-14-11/h8,10H,5-7H2,1-4H3,(H,13,14,15). The van der Waals surface area contributed by atoms with Crippen LogP contribution in [-0.2, 0) is 0 Å². The van der Waals surface area contributed by atoms with Crippen molar-refractivity contribution in [1.29, 1.82) is 0 Å². The zero-order valence-corrected chi connectivity index (χ0v) is 10.6. The normalized spacial score (nSPS) is 10.6. The lowest BCUT2D eigenvalue weighted by Gasteiger charge is -2.15. The van der Waals surface area contributed by atoms with Crippen molar-refractivity contribution in [2.75, 3.05) is 19.0 Å². The van der Waals surface area contributed by atoms with Crippen LogP contribution in [0.4, 0.5) is 5.82 Å². The summed E-state index contributed by atoms with van der Waals surface area (Å²) in [7, 11) is 1.63. The lowest BCUT2D eigenvalue weighted by Crippen LogP contribution is -2.14. The molecule has 90 valence electrons. The number of hydrogen-bond donors (Lipinski definition) is 1. The summed E-state index contributed by atoms with van der Waals surface area (Å²) >= 11 is 0. The van der Waals surface area contributed by atoms with Crippen LogP contribution in [0.25, 0.3) is 0 Å². The van der Waals surface area contributed by atoms with Gasteiger partial charge in [-0.3, -0.25) is 0 Å². The molecule has 1 rings (SSSR count). The summed E-state index contributed by atoms with van der Waals surface area (Å²) in [6, 6.07) is 0. The highest BCUT2D eigenvalue weighted by atomic mass is 16.5. The second-order valence-corrected chi connectivity index (χ2v) is 3.92. The molecule has 0 unspecified atom stereocenters. The summed E-state index contributed by atoms with van der Waals surface area (Å²) < 4.78 is 5.15. The molecule has 0 aliphatic rings. The minimum atomic E-state index is 0.641. The largest absolute Gasteiger partial charge is 0.481 e. The number of hydrogen-bond acceptors (Lipinski definition) is 4. The first-order valence-corrected chi connectivity index (χ1v) is 5.82. The molecule has 16 heavy (non-hydrogen) atoms. The van der Waals surface area contributed by atoms with Gasteiger partial charge in [0.1, 0.15) is 12.1 Å². The van der Waals surface area contributed by atoms with Crippen molar-refractivity contribution in [2.24, 2.45) is 5.92 Å². The van der Waals surface area contributed by atoms with Crippen molar-refractivity contribution in [3.63, 3.8) is 0 Å². The molecule has 1 heterocycles. The van der Waals surface area contributed by atoms with Crippen LogP contribution in [0, 0.1) is 12.8 Å². The average Bonchev–Trinajstić information content (AvgIpc) is 2.32. The number of ether oxygens (including phenoxy) is 1. The van der Waals surface area contributed by atoms with Gasteiger partial charge in [0.05, 0.1) is 12.7 Å². The van der Waals surface area contributed by atoms with Crippen molar-refractivity contribution in [1.82, 2.24) is 9.97 Å². The summed E-state index contributed by atoms with van der Waals surface area (Å²) in [5.74, 6) is 2.21. The Morgan fingerprint density at radius 1 is 1.31 bits per heavy atom. The van der Waals surface area contributed by atoms with Gasteiger partial charge in [-0.05, 0) is 12.8 Å². The van der Waals surface area contributed by atoms with Gasteiger partial charge in [0.2, 0.25) is 5.88 Å². The van der Waals surface area contributed by atoms with E-state index in [0.29, 0.717) is 11.8 Å². The Kier molecular flexibility index (Phi) is 5.02. The van der Waals surface area contributed by atoms with Gasteiger partial charge in [-0.2, -0.15) is 0 Å². The van der Waals surface area contributed by atoms with Gasteiger partial charge in [0, 0.05) is 6.54 Å². The fourth-order valence-electron chi connectivity index (χ4n) is 1.64. The number of aromatic nitrogens is 2. The molecular weight excluding hydrogens is 202 g/mol. The number of nitrogens with zero attached hydrogens (tertiary/aromatic N) is 2. The maximum Gasteiger partial charge on any atom is 0.221 e. The van der Waals surface area contributed by atoms with Crippen LogP contribution in [0.15, 0.2) is 6.33 Å². The summed E-state index contributed by atoms with van der Waals surface area (Å²) in [6.07, 6.45) is 3.90. The van der Waals surface area contributed by atoms with E-state index >= 15 is 0 Å². The summed E-state index contributed by atoms with van der Waals surface area (Å²) in [5, 5.41) is 3.36. The molecule has 1 aromatic rings. The molecule has 0 atom stereocenters. The van der Waals surface area contributed by atoms with Gasteiger partial charge in [-0.15, -0.1) is 0 Å². The van der Waals surface area contributed by atoms with E-state index < -0.39 is 0 Å². The molecule has 1 N–H and O–H groups in total. The van der Waals surface area contributed by atoms with Crippen molar-refractivity contribution >= 4 is 5.82 Å². The van der Waals surface area contributed by atoms with E-state index in [4.69, 9.17) is 4.74 Å². The van der Waals surface area contributed by atoms with E-state index in [2.05, 4.69) is 29.1 Å². The monoisotopic (exact) mass is 223 g/mol. The number of methoxy groups -OCH3 is 1. The molecule has 4 nitrogen and oxygen atoms in total. The lowest BCUT2D eigenvalue weighted by atomic mass is 10.0. The van der Waals surface area contributed by atoms with Crippen LogP contribution in [0.1, 0.15) is 32.3 Å². The molecule has 4 heteroatoms. The SMILES string of the molecule is CCC(CC)CNc1ncnc(OC)c1C. The first-order valence-electron chi connectivity index (χ1n) is 5.82. The molecule has 0 fully saturated rings. The Labute approximate surface area is 97.5 Å². The summed E-state index contributed by atoms with van der Waals surface area (Å²) in [6.45, 7) is 7.34. The highest BCUT2D eigenvalue weighted by Crippen LogP contribution is 2.20. The first-order chi connectivity index (χ1) is 7.72. The molecule has 0 spiro atoms. The van der Waals surface area contributed by atoms with Crippen LogP contribution in [0.3, 0.4) is 0 Å². The highest BCUT2D eigenvalue weighted by Gasteiger charge is 2.08. The van der Waals surface area contributed by atoms with Gasteiger partial charge >= 0.3 is 0 Å². The Balaban J connectivity index is 2.66. The molecule has 0 aromatic carbocycles. The molecule has 0 saturated carbocycles. The molecule has 0 bridgehead atoms. The molecule has 0 aliphatic heterocycles. The second-order valence-electron chi connectivity index (χ2n) is 3.92. The van der Waals surface area contributed by atoms with Crippen molar-refractivity contribution in [2.45, 2.75) is 33.6 Å². The molecule has 1 aromatic heterocycles. The van der Waals surface area contributed by atoms with Gasteiger partial charge in [-0.25, -0.2) is 9.97 Å². The van der Waals surface area contributed by atoms with Gasteiger partial charge in [0.25, 0.3) is 0 Å². The smallest absolute Gasteiger partial charge is 0.221 e. The average molecular weight is 223 g/mol. The summed E-state index contributed by atoms with van der Waals surface area (Å²) in [5.41, 5.74) is 0.968. The van der Waals surface area contributed by atoms with Crippen LogP contribution >= 0.6 is 0 Å². The maximum atomic E-state index is 5.15. The van der Waals surface area contributed by atoms with Gasteiger partial charge in [-0.1, -0.05) is 26.7 Å². The molecular formula is C12H21N3O. The number of rotatable bonds is 6. The van der Waals surface area contributed by atoms with Crippen molar-refractivity contribution in [3.8, 4) is 5.88 Å². The Morgan fingerprint density at radius 2 is 2.00 bits per heavy atom. The fraction of sp³-hybridized carbons (Fsp3) is 0.667. The van der Waals surface area contributed by atoms with E-state index in [-0.39, 0.29) is 0 Å². The maximum absolute atomic E-state index is 5.15. The number of nitrogens with one attached hydrogen (secondary N) is 1. The van der Waals surface area contributed by atoms with E-state index in [9.17, 15) is 0 Å². The van der Waals surface area contributed by atoms with Crippen molar-refractivity contribution in [3.05, 3.63) is 11.9 Å². The topological polar surface area (TPSA) is 47.0 Å². The van der Waals surface area contributed by atoms with Crippen LogP contribution in [0.5, 0.6) is 5.88 Å². The molecule has 0 aliphatic carbocycles. The second kappa shape index (κ2) is 6.30. The Bertz CT molecular complexity index is 324. The highest BCUT2D eigenvalue weighted by molar-refractivity contribution is 5.47. The van der Waals surface area contributed by atoms with Crippen LogP contribution in [-0.4, -0.2) is 23.6 Å².